The largest absolute Gasteiger partial charge is 0.480 e. The molecule has 35 heavy (non-hydrogen) atoms. The van der Waals surface area contributed by atoms with Gasteiger partial charge in [0.15, 0.2) is 12.4 Å². The van der Waals surface area contributed by atoms with Crippen LogP contribution < -0.4 is 20.1 Å². The maximum absolute atomic E-state index is 14.9. The number of hydrogen-bond acceptors (Lipinski definition) is 7. The highest BCUT2D eigenvalue weighted by atomic mass is 35.5. The fourth-order valence-corrected chi connectivity index (χ4v) is 5.74. The van der Waals surface area contributed by atoms with E-state index in [0.29, 0.717) is 5.56 Å². The van der Waals surface area contributed by atoms with E-state index in [2.05, 4.69) is 14.9 Å². The molecule has 0 unspecified atom stereocenters. The van der Waals surface area contributed by atoms with Crippen molar-refractivity contribution in [1.29, 1.82) is 0 Å². The molecule has 2 atom stereocenters. The number of aryl methyl sites for hydroxylation is 1. The zero-order valence-electron chi connectivity index (χ0n) is 19.2. The van der Waals surface area contributed by atoms with Gasteiger partial charge in [0.05, 0.1) is 5.02 Å². The Hall–Kier alpha value is -3.22. The third kappa shape index (κ3) is 4.44. The van der Waals surface area contributed by atoms with E-state index in [9.17, 15) is 22.4 Å². The average Bonchev–Trinajstić information content (AvgIpc) is 3.23. The number of hydrogen-bond donors (Lipinski definition) is 2. The van der Waals surface area contributed by atoms with Gasteiger partial charge in [-0.05, 0) is 48.7 Å². The van der Waals surface area contributed by atoms with E-state index in [1.165, 1.54) is 30.1 Å². The normalized spacial score (nSPS) is 15.5. The molecule has 0 saturated heterocycles. The van der Waals surface area contributed by atoms with Crippen LogP contribution >= 0.6 is 11.6 Å². The van der Waals surface area contributed by atoms with Crippen LogP contribution in [0.1, 0.15) is 41.5 Å². The highest BCUT2D eigenvalue weighted by Crippen LogP contribution is 2.43. The summed E-state index contributed by atoms with van der Waals surface area (Å²) in [7, 11) is -2.95. The minimum Gasteiger partial charge on any atom is -0.480 e. The monoisotopic (exact) mass is 524 g/mol. The van der Waals surface area contributed by atoms with Crippen LogP contribution in [0.25, 0.3) is 0 Å². The van der Waals surface area contributed by atoms with Crippen molar-refractivity contribution in [3.05, 3.63) is 68.2 Å². The van der Waals surface area contributed by atoms with E-state index in [0.717, 1.165) is 5.56 Å². The van der Waals surface area contributed by atoms with Gasteiger partial charge in [-0.3, -0.25) is 4.79 Å². The topological polar surface area (TPSA) is 135 Å². The van der Waals surface area contributed by atoms with Gasteiger partial charge in [0.25, 0.3) is 5.91 Å². The van der Waals surface area contributed by atoms with Crippen molar-refractivity contribution < 1.29 is 26.8 Å². The fourth-order valence-electron chi connectivity index (χ4n) is 4.05. The standard InChI is InChI=1S/C22H22ClFN4O6S/c1-10-5-7-14(24)17(11(10)2)12(3)18(21-25-26-22(30)34-21)27-35(31,32)15-8-6-13(23)19-20(15)33-9-16(29)28(19)4/h5-8,12,18,27H,9H2,1-4H3,(H,26,30)/t12-,18+/m1/s1. The van der Waals surface area contributed by atoms with Crippen molar-refractivity contribution in [3.8, 4) is 5.75 Å². The average molecular weight is 525 g/mol. The number of carbonyl (C=O) groups excluding carboxylic acids is 1. The number of nitrogens with zero attached hydrogens (tertiary/aromatic N) is 2. The van der Waals surface area contributed by atoms with Gasteiger partial charge in [-0.15, -0.1) is 5.10 Å². The van der Waals surface area contributed by atoms with E-state index < -0.39 is 39.5 Å². The van der Waals surface area contributed by atoms with Crippen molar-refractivity contribution in [1.82, 2.24) is 14.9 Å². The Morgan fingerprint density at radius 1 is 1.23 bits per heavy atom. The number of sulfonamides is 1. The molecular formula is C22H22ClFN4O6S. The minimum absolute atomic E-state index is 0.0993. The molecule has 0 radical (unpaired) electrons. The molecule has 186 valence electrons. The summed E-state index contributed by atoms with van der Waals surface area (Å²) in [6, 6.07) is 4.18. The molecule has 1 aliphatic heterocycles. The molecule has 0 saturated carbocycles. The molecule has 3 aromatic rings. The number of ether oxygens (including phenoxy) is 1. The summed E-state index contributed by atoms with van der Waals surface area (Å²) in [5.41, 5.74) is 1.75. The summed E-state index contributed by atoms with van der Waals surface area (Å²) in [6.45, 7) is 4.72. The maximum Gasteiger partial charge on any atom is 0.434 e. The number of H-pyrrole nitrogens is 1. The first-order chi connectivity index (χ1) is 16.4. The Morgan fingerprint density at radius 3 is 2.60 bits per heavy atom. The molecule has 0 bridgehead atoms. The number of rotatable bonds is 6. The van der Waals surface area contributed by atoms with Crippen LogP contribution in [0.3, 0.4) is 0 Å². The van der Waals surface area contributed by atoms with Gasteiger partial charge in [0, 0.05) is 13.0 Å². The molecule has 2 aromatic carbocycles. The third-order valence-electron chi connectivity index (χ3n) is 6.08. The fraction of sp³-hybridized carbons (Fsp3) is 0.318. The first kappa shape index (κ1) is 24.9. The molecule has 13 heteroatoms. The van der Waals surface area contributed by atoms with Crippen LogP contribution in [0.4, 0.5) is 10.1 Å². The van der Waals surface area contributed by atoms with Gasteiger partial charge in [-0.25, -0.2) is 22.7 Å². The summed E-state index contributed by atoms with van der Waals surface area (Å²) in [5, 5.41) is 6.01. The van der Waals surface area contributed by atoms with Crippen LogP contribution in [0, 0.1) is 19.7 Å². The van der Waals surface area contributed by atoms with Gasteiger partial charge in [-0.1, -0.05) is 24.6 Å². The molecule has 2 N–H and O–H groups in total. The Balaban J connectivity index is 1.83. The second-order valence-electron chi connectivity index (χ2n) is 8.21. The number of benzene rings is 2. The Kier molecular flexibility index (Phi) is 6.47. The van der Waals surface area contributed by atoms with Crippen molar-refractivity contribution >= 4 is 33.2 Å². The quantitative estimate of drug-likeness (QED) is 0.506. The van der Waals surface area contributed by atoms with Crippen molar-refractivity contribution in [2.75, 3.05) is 18.6 Å². The van der Waals surface area contributed by atoms with Crippen molar-refractivity contribution in [2.45, 2.75) is 37.6 Å². The smallest absolute Gasteiger partial charge is 0.434 e. The Morgan fingerprint density at radius 2 is 1.94 bits per heavy atom. The SMILES string of the molecule is Cc1ccc(F)c([C@@H](C)[C@H](NS(=O)(=O)c2ccc(Cl)c3c2OCC(=O)N3C)c2n[nH]c(=O)o2)c1C. The lowest BCUT2D eigenvalue weighted by molar-refractivity contribution is -0.121. The number of likely N-dealkylation sites (N-methyl/N-ethyl adjacent to an activating group) is 1. The van der Waals surface area contributed by atoms with Crippen LogP contribution in [0.2, 0.25) is 5.02 Å². The number of aromatic nitrogens is 2. The molecule has 1 aliphatic rings. The van der Waals surface area contributed by atoms with Crippen molar-refractivity contribution in [2.24, 2.45) is 0 Å². The minimum atomic E-state index is -4.40. The van der Waals surface area contributed by atoms with Crippen molar-refractivity contribution in [3.63, 3.8) is 0 Å². The number of halogens is 2. The van der Waals surface area contributed by atoms with Gasteiger partial charge in [0.1, 0.15) is 22.4 Å². The van der Waals surface area contributed by atoms with E-state index in [1.54, 1.807) is 26.8 Å². The summed E-state index contributed by atoms with van der Waals surface area (Å²) in [5.74, 6) is -3.08. The van der Waals surface area contributed by atoms with Gasteiger partial charge < -0.3 is 14.1 Å². The van der Waals surface area contributed by atoms with E-state index in [4.69, 9.17) is 20.8 Å². The third-order valence-corrected chi connectivity index (χ3v) is 7.85. The second kappa shape index (κ2) is 9.10. The lowest BCUT2D eigenvalue weighted by atomic mass is 9.88. The number of fused-ring (bicyclic) bond motifs is 1. The number of nitrogens with one attached hydrogen (secondary N) is 2. The highest BCUT2D eigenvalue weighted by Gasteiger charge is 2.37. The van der Waals surface area contributed by atoms with Crippen LogP contribution in [-0.2, 0) is 14.8 Å². The maximum atomic E-state index is 14.9. The summed E-state index contributed by atoms with van der Waals surface area (Å²) in [4.78, 5) is 24.6. The lowest BCUT2D eigenvalue weighted by Gasteiger charge is -2.29. The Bertz CT molecular complexity index is 1490. The number of amides is 1. The molecule has 1 amide bonds. The summed E-state index contributed by atoms with van der Waals surface area (Å²) < 4.78 is 55.0. The van der Waals surface area contributed by atoms with E-state index >= 15 is 0 Å². The number of anilines is 1. The van der Waals surface area contributed by atoms with E-state index in [-0.39, 0.29) is 39.4 Å². The van der Waals surface area contributed by atoms with Gasteiger partial charge in [-0.2, -0.15) is 4.72 Å². The van der Waals surface area contributed by atoms with Crippen LogP contribution in [0.5, 0.6) is 5.75 Å². The summed E-state index contributed by atoms with van der Waals surface area (Å²) in [6.07, 6.45) is 0. The number of carbonyl (C=O) groups is 1. The van der Waals surface area contributed by atoms with E-state index in [1.807, 2.05) is 0 Å². The molecule has 2 heterocycles. The predicted octanol–water partition coefficient (Wildman–Crippen LogP) is 2.95. The van der Waals surface area contributed by atoms with Crippen LogP contribution in [0.15, 0.2) is 38.4 Å². The number of aromatic amines is 1. The first-order valence-corrected chi connectivity index (χ1v) is 12.3. The molecule has 0 aliphatic carbocycles. The first-order valence-electron chi connectivity index (χ1n) is 10.5. The second-order valence-corrected chi connectivity index (χ2v) is 10.3. The molecular weight excluding hydrogens is 503 g/mol. The summed E-state index contributed by atoms with van der Waals surface area (Å²) >= 11 is 6.21. The van der Waals surface area contributed by atoms with Gasteiger partial charge in [0.2, 0.25) is 15.9 Å². The zero-order chi connectivity index (χ0) is 25.7. The Labute approximate surface area is 205 Å². The molecule has 0 fully saturated rings. The molecule has 4 rings (SSSR count). The molecule has 10 nitrogen and oxygen atoms in total. The lowest BCUT2D eigenvalue weighted by Crippen LogP contribution is -2.37. The predicted molar refractivity (Wildman–Crippen MR) is 125 cm³/mol. The molecule has 0 spiro atoms. The molecule has 1 aromatic heterocycles. The van der Waals surface area contributed by atoms with Crippen LogP contribution in [-0.4, -0.2) is 38.2 Å². The van der Waals surface area contributed by atoms with Gasteiger partial charge >= 0.3 is 5.76 Å². The zero-order valence-corrected chi connectivity index (χ0v) is 20.8. The highest BCUT2D eigenvalue weighted by molar-refractivity contribution is 7.89.